The first-order valence-corrected chi connectivity index (χ1v) is 3.95. The summed E-state index contributed by atoms with van der Waals surface area (Å²) < 4.78 is 55.0. The van der Waals surface area contributed by atoms with Crippen molar-refractivity contribution in [2.75, 3.05) is 6.61 Å². The SMILES string of the molecule is O=C(Cl)COc1c(F)c(F)cc(F)c1F. The van der Waals surface area contributed by atoms with Crippen LogP contribution in [-0.2, 0) is 4.79 Å². The van der Waals surface area contributed by atoms with Crippen molar-refractivity contribution in [3.8, 4) is 5.75 Å². The predicted octanol–water partition coefficient (Wildman–Crippen LogP) is 2.39. The Morgan fingerprint density at radius 2 is 1.67 bits per heavy atom. The second-order valence-electron chi connectivity index (χ2n) is 2.44. The van der Waals surface area contributed by atoms with E-state index in [0.717, 1.165) is 0 Å². The van der Waals surface area contributed by atoms with E-state index in [0.29, 0.717) is 0 Å². The molecule has 0 aliphatic rings. The van der Waals surface area contributed by atoms with Gasteiger partial charge < -0.3 is 4.74 Å². The van der Waals surface area contributed by atoms with Gasteiger partial charge in [-0.3, -0.25) is 4.79 Å². The third kappa shape index (κ3) is 2.59. The molecule has 0 fully saturated rings. The largest absolute Gasteiger partial charge is 0.478 e. The number of hydrogen-bond donors (Lipinski definition) is 0. The molecular formula is C8H3ClF4O2. The van der Waals surface area contributed by atoms with Crippen LogP contribution in [0.15, 0.2) is 6.07 Å². The van der Waals surface area contributed by atoms with Crippen molar-refractivity contribution >= 4 is 16.8 Å². The summed E-state index contributed by atoms with van der Waals surface area (Å²) in [5.74, 6) is -7.98. The monoisotopic (exact) mass is 242 g/mol. The van der Waals surface area contributed by atoms with Crippen molar-refractivity contribution in [2.45, 2.75) is 0 Å². The molecule has 82 valence electrons. The van der Waals surface area contributed by atoms with Crippen molar-refractivity contribution < 1.29 is 27.1 Å². The van der Waals surface area contributed by atoms with Crippen LogP contribution in [0.2, 0.25) is 0 Å². The third-order valence-corrected chi connectivity index (χ3v) is 1.51. The standard InChI is InChI=1S/C8H3ClF4O2/c9-5(14)2-15-8-6(12)3(10)1-4(11)7(8)13/h1H,2H2. The van der Waals surface area contributed by atoms with Crippen molar-refractivity contribution in [2.24, 2.45) is 0 Å². The van der Waals surface area contributed by atoms with Crippen molar-refractivity contribution in [1.29, 1.82) is 0 Å². The van der Waals surface area contributed by atoms with Crippen LogP contribution in [0.3, 0.4) is 0 Å². The quantitative estimate of drug-likeness (QED) is 0.462. The fraction of sp³-hybridized carbons (Fsp3) is 0.125. The molecule has 7 heteroatoms. The first-order valence-electron chi connectivity index (χ1n) is 3.57. The summed E-state index contributed by atoms with van der Waals surface area (Å²) >= 11 is 4.82. The number of halogens is 5. The van der Waals surface area contributed by atoms with Gasteiger partial charge in [-0.05, 0) is 11.6 Å². The number of ether oxygens (including phenoxy) is 1. The Bertz CT molecular complexity index is 382. The van der Waals surface area contributed by atoms with Crippen molar-refractivity contribution in [3.63, 3.8) is 0 Å². The summed E-state index contributed by atoms with van der Waals surface area (Å²) in [6.07, 6.45) is 0. The molecule has 0 N–H and O–H groups in total. The lowest BCUT2D eigenvalue weighted by Gasteiger charge is -2.06. The van der Waals surface area contributed by atoms with Crippen LogP contribution in [0.5, 0.6) is 5.75 Å². The fourth-order valence-electron chi connectivity index (χ4n) is 0.807. The predicted molar refractivity (Wildman–Crippen MR) is 42.6 cm³/mol. The lowest BCUT2D eigenvalue weighted by molar-refractivity contribution is -0.113. The maximum atomic E-state index is 12.8. The molecule has 0 unspecified atom stereocenters. The Morgan fingerprint density at radius 3 is 2.07 bits per heavy atom. The molecule has 2 nitrogen and oxygen atoms in total. The van der Waals surface area contributed by atoms with Gasteiger partial charge in [0.25, 0.3) is 5.24 Å². The first-order chi connectivity index (χ1) is 6.93. The molecule has 1 rings (SSSR count). The minimum Gasteiger partial charge on any atom is -0.478 e. The van der Waals surface area contributed by atoms with Crippen LogP contribution in [0, 0.1) is 23.3 Å². The lowest BCUT2D eigenvalue weighted by atomic mass is 10.3. The highest BCUT2D eigenvalue weighted by Crippen LogP contribution is 2.26. The molecule has 0 saturated carbocycles. The van der Waals surface area contributed by atoms with Gasteiger partial charge in [-0.1, -0.05) is 0 Å². The molecular weight excluding hydrogens is 240 g/mol. The summed E-state index contributed by atoms with van der Waals surface area (Å²) in [4.78, 5) is 10.2. The van der Waals surface area contributed by atoms with Crippen LogP contribution in [0.25, 0.3) is 0 Å². The lowest BCUT2D eigenvalue weighted by Crippen LogP contribution is -2.09. The number of carbonyl (C=O) groups is 1. The van der Waals surface area contributed by atoms with E-state index in [-0.39, 0.29) is 6.07 Å². The Balaban J connectivity index is 3.09. The van der Waals surface area contributed by atoms with Gasteiger partial charge in [0.15, 0.2) is 24.0 Å². The molecule has 0 atom stereocenters. The van der Waals surface area contributed by atoms with Gasteiger partial charge in [0.1, 0.15) is 0 Å². The fourth-order valence-corrected chi connectivity index (χ4v) is 0.861. The zero-order valence-corrected chi connectivity index (χ0v) is 7.75. The molecule has 0 radical (unpaired) electrons. The van der Waals surface area contributed by atoms with E-state index in [4.69, 9.17) is 11.6 Å². The van der Waals surface area contributed by atoms with E-state index in [2.05, 4.69) is 4.74 Å². The van der Waals surface area contributed by atoms with Crippen LogP contribution < -0.4 is 4.74 Å². The first kappa shape index (κ1) is 11.8. The van der Waals surface area contributed by atoms with Crippen molar-refractivity contribution in [3.05, 3.63) is 29.3 Å². The Kier molecular flexibility index (Phi) is 3.52. The van der Waals surface area contributed by atoms with E-state index in [1.807, 2.05) is 0 Å². The van der Waals surface area contributed by atoms with E-state index >= 15 is 0 Å². The van der Waals surface area contributed by atoms with E-state index in [1.165, 1.54) is 0 Å². The molecule has 1 aromatic carbocycles. The van der Waals surface area contributed by atoms with Crippen molar-refractivity contribution in [1.82, 2.24) is 0 Å². The Morgan fingerprint density at radius 1 is 1.20 bits per heavy atom. The molecule has 0 aliphatic carbocycles. The summed E-state index contributed by atoms with van der Waals surface area (Å²) in [7, 11) is 0. The molecule has 0 spiro atoms. The van der Waals surface area contributed by atoms with Crippen LogP contribution in [0.4, 0.5) is 17.6 Å². The zero-order chi connectivity index (χ0) is 11.6. The van der Waals surface area contributed by atoms with Crippen LogP contribution >= 0.6 is 11.6 Å². The van der Waals surface area contributed by atoms with Gasteiger partial charge in [0.05, 0.1) is 0 Å². The van der Waals surface area contributed by atoms with E-state index < -0.39 is 40.9 Å². The maximum absolute atomic E-state index is 12.8. The second kappa shape index (κ2) is 4.48. The summed E-state index contributed by atoms with van der Waals surface area (Å²) in [5.41, 5.74) is 0. The smallest absolute Gasteiger partial charge is 0.259 e. The van der Waals surface area contributed by atoms with Crippen LogP contribution in [0.1, 0.15) is 0 Å². The molecule has 1 aromatic rings. The molecule has 0 aromatic heterocycles. The number of rotatable bonds is 3. The third-order valence-electron chi connectivity index (χ3n) is 1.40. The van der Waals surface area contributed by atoms with Gasteiger partial charge in [-0.2, -0.15) is 8.78 Å². The normalized spacial score (nSPS) is 10.2. The Hall–Kier alpha value is -1.30. The Labute approximate surface area is 86.4 Å². The zero-order valence-electron chi connectivity index (χ0n) is 6.99. The highest BCUT2D eigenvalue weighted by Gasteiger charge is 2.20. The number of benzene rings is 1. The van der Waals surface area contributed by atoms with Gasteiger partial charge in [-0.15, -0.1) is 0 Å². The minimum absolute atomic E-state index is 0.0278. The van der Waals surface area contributed by atoms with Gasteiger partial charge in [0, 0.05) is 6.07 Å². The highest BCUT2D eigenvalue weighted by molar-refractivity contribution is 6.63. The second-order valence-corrected chi connectivity index (χ2v) is 2.86. The van der Waals surface area contributed by atoms with Gasteiger partial charge in [0.2, 0.25) is 11.6 Å². The number of hydrogen-bond acceptors (Lipinski definition) is 2. The van der Waals surface area contributed by atoms with Gasteiger partial charge in [-0.25, -0.2) is 8.78 Å². The maximum Gasteiger partial charge on any atom is 0.259 e. The highest BCUT2D eigenvalue weighted by atomic mass is 35.5. The average Bonchev–Trinajstić information content (AvgIpc) is 2.14. The molecule has 0 bridgehead atoms. The number of carbonyl (C=O) groups excluding carboxylic acids is 1. The average molecular weight is 243 g/mol. The molecule has 0 aliphatic heterocycles. The molecule has 0 amide bonds. The summed E-state index contributed by atoms with van der Waals surface area (Å²) in [6, 6.07) is 0.0278. The molecule has 0 heterocycles. The minimum atomic E-state index is -1.72. The van der Waals surface area contributed by atoms with Crippen LogP contribution in [-0.4, -0.2) is 11.8 Å². The summed E-state index contributed by atoms with van der Waals surface area (Å²) in [6.45, 7) is -0.891. The van der Waals surface area contributed by atoms with Gasteiger partial charge >= 0.3 is 0 Å². The molecule has 15 heavy (non-hydrogen) atoms. The van der Waals surface area contributed by atoms with E-state index in [1.54, 1.807) is 0 Å². The molecule has 0 saturated heterocycles. The topological polar surface area (TPSA) is 26.3 Å². The summed E-state index contributed by atoms with van der Waals surface area (Å²) in [5, 5.41) is -1.06. The van der Waals surface area contributed by atoms with E-state index in [9.17, 15) is 22.4 Å².